The number of anilines is 1. The highest BCUT2D eigenvalue weighted by molar-refractivity contribution is 5.93. The molecule has 0 aliphatic rings. The Morgan fingerprint density at radius 2 is 2.00 bits per heavy atom. The van der Waals surface area contributed by atoms with Gasteiger partial charge in [-0.3, -0.25) is 9.78 Å². The number of primary amides is 1. The molecule has 0 bridgehead atoms. The van der Waals surface area contributed by atoms with Crippen LogP contribution >= 0.6 is 0 Å². The molecule has 1 heterocycles. The summed E-state index contributed by atoms with van der Waals surface area (Å²) in [4.78, 5) is 14.8. The van der Waals surface area contributed by atoms with Crippen molar-refractivity contribution in [2.45, 2.75) is 13.0 Å². The van der Waals surface area contributed by atoms with Crippen LogP contribution in [0.15, 0.2) is 42.7 Å². The third-order valence-corrected chi connectivity index (χ3v) is 2.78. The number of nitrogens with one attached hydrogen (secondary N) is 1. The van der Waals surface area contributed by atoms with Crippen LogP contribution in [0.2, 0.25) is 0 Å². The number of carbonyl (C=O) groups is 1. The van der Waals surface area contributed by atoms with Crippen molar-refractivity contribution in [2.24, 2.45) is 5.73 Å². The molecule has 4 nitrogen and oxygen atoms in total. The first kappa shape index (κ1) is 13.0. The van der Waals surface area contributed by atoms with Gasteiger partial charge in [0.25, 0.3) is 0 Å². The van der Waals surface area contributed by atoms with E-state index in [1.807, 2.05) is 6.92 Å². The lowest BCUT2D eigenvalue weighted by molar-refractivity contribution is 0.100. The molecule has 1 aromatic carbocycles. The minimum absolute atomic E-state index is 0.0948. The molecular weight excluding hydrogens is 245 g/mol. The maximum atomic E-state index is 13.1. The first-order valence-electron chi connectivity index (χ1n) is 5.83. The normalized spacial score (nSPS) is 11.9. The molecule has 1 amide bonds. The van der Waals surface area contributed by atoms with Gasteiger partial charge in [-0.25, -0.2) is 4.39 Å². The molecule has 0 fully saturated rings. The van der Waals surface area contributed by atoms with Crippen molar-refractivity contribution in [1.82, 2.24) is 4.98 Å². The maximum Gasteiger partial charge on any atom is 0.248 e. The highest BCUT2D eigenvalue weighted by Crippen LogP contribution is 2.19. The smallest absolute Gasteiger partial charge is 0.248 e. The zero-order valence-corrected chi connectivity index (χ0v) is 10.4. The molecule has 3 N–H and O–H groups in total. The van der Waals surface area contributed by atoms with E-state index in [0.29, 0.717) is 5.56 Å². The number of benzene rings is 1. The van der Waals surface area contributed by atoms with Crippen molar-refractivity contribution in [2.75, 3.05) is 5.32 Å². The average molecular weight is 259 g/mol. The first-order valence-corrected chi connectivity index (χ1v) is 5.83. The number of nitrogens with zero attached hydrogens (tertiary/aromatic N) is 1. The number of aromatic nitrogens is 1. The van der Waals surface area contributed by atoms with Gasteiger partial charge in [-0.1, -0.05) is 0 Å². The number of nitrogens with two attached hydrogens (primary N) is 1. The molecule has 0 saturated heterocycles. The summed E-state index contributed by atoms with van der Waals surface area (Å²) in [6, 6.07) is 8.12. The molecule has 19 heavy (non-hydrogen) atoms. The van der Waals surface area contributed by atoms with Crippen molar-refractivity contribution in [3.63, 3.8) is 0 Å². The number of hydrogen-bond acceptors (Lipinski definition) is 3. The zero-order chi connectivity index (χ0) is 13.8. The monoisotopic (exact) mass is 259 g/mol. The zero-order valence-electron chi connectivity index (χ0n) is 10.4. The average Bonchev–Trinajstić information content (AvgIpc) is 2.39. The van der Waals surface area contributed by atoms with Crippen LogP contribution in [0, 0.1) is 5.82 Å². The lowest BCUT2D eigenvalue weighted by Crippen LogP contribution is -2.11. The Morgan fingerprint density at radius 3 is 2.58 bits per heavy atom. The Balaban J connectivity index is 2.10. The van der Waals surface area contributed by atoms with E-state index in [1.165, 1.54) is 6.07 Å². The van der Waals surface area contributed by atoms with Crippen LogP contribution in [0.3, 0.4) is 0 Å². The van der Waals surface area contributed by atoms with Crippen molar-refractivity contribution in [3.05, 3.63) is 59.7 Å². The summed E-state index contributed by atoms with van der Waals surface area (Å²) in [5, 5.41) is 3.19. The summed E-state index contributed by atoms with van der Waals surface area (Å²) in [5.41, 5.74) is 7.18. The molecule has 0 saturated carbocycles. The molecule has 0 spiro atoms. The molecule has 98 valence electrons. The van der Waals surface area contributed by atoms with E-state index in [1.54, 1.807) is 30.5 Å². The Bertz CT molecular complexity index is 583. The Hall–Kier alpha value is -2.43. The van der Waals surface area contributed by atoms with Gasteiger partial charge in [0.2, 0.25) is 5.91 Å². The number of amides is 1. The maximum absolute atomic E-state index is 13.1. The number of pyridine rings is 1. The van der Waals surface area contributed by atoms with E-state index in [9.17, 15) is 9.18 Å². The summed E-state index contributed by atoms with van der Waals surface area (Å²) in [5.74, 6) is -0.829. The molecule has 1 atom stereocenters. The fourth-order valence-electron chi connectivity index (χ4n) is 1.73. The number of halogens is 1. The summed E-state index contributed by atoms with van der Waals surface area (Å²) in [7, 11) is 0. The molecule has 0 radical (unpaired) electrons. The number of hydrogen-bond donors (Lipinski definition) is 2. The Kier molecular flexibility index (Phi) is 3.75. The highest BCUT2D eigenvalue weighted by atomic mass is 19.1. The van der Waals surface area contributed by atoms with Crippen LogP contribution in [0.25, 0.3) is 0 Å². The first-order chi connectivity index (χ1) is 9.06. The third-order valence-electron chi connectivity index (χ3n) is 2.78. The van der Waals surface area contributed by atoms with E-state index in [2.05, 4.69) is 10.3 Å². The van der Waals surface area contributed by atoms with E-state index in [-0.39, 0.29) is 11.9 Å². The molecule has 1 unspecified atom stereocenters. The van der Waals surface area contributed by atoms with Gasteiger partial charge in [-0.05, 0) is 42.8 Å². The second kappa shape index (κ2) is 5.48. The van der Waals surface area contributed by atoms with Crippen LogP contribution in [0.4, 0.5) is 10.1 Å². The van der Waals surface area contributed by atoms with Crippen molar-refractivity contribution in [3.8, 4) is 0 Å². The van der Waals surface area contributed by atoms with E-state index < -0.39 is 5.91 Å². The molecular formula is C14H14FN3O. The topological polar surface area (TPSA) is 68.0 Å². The summed E-state index contributed by atoms with van der Waals surface area (Å²) in [6.45, 7) is 1.90. The van der Waals surface area contributed by atoms with Crippen LogP contribution in [-0.4, -0.2) is 10.9 Å². The molecule has 5 heteroatoms. The molecule has 1 aromatic heterocycles. The number of carbonyl (C=O) groups excluding carboxylic acids is 1. The van der Waals surface area contributed by atoms with Crippen molar-refractivity contribution < 1.29 is 9.18 Å². The number of rotatable bonds is 4. The fourth-order valence-corrected chi connectivity index (χ4v) is 1.73. The van der Waals surface area contributed by atoms with Gasteiger partial charge in [0, 0.05) is 17.4 Å². The fraction of sp³-hybridized carbons (Fsp3) is 0.143. The van der Waals surface area contributed by atoms with Gasteiger partial charge >= 0.3 is 0 Å². The Morgan fingerprint density at radius 1 is 1.32 bits per heavy atom. The quantitative estimate of drug-likeness (QED) is 0.886. The second-order valence-corrected chi connectivity index (χ2v) is 4.24. The van der Waals surface area contributed by atoms with Crippen LogP contribution in [-0.2, 0) is 0 Å². The molecule has 2 rings (SSSR count). The van der Waals surface area contributed by atoms with Gasteiger partial charge in [0.15, 0.2) is 0 Å². The van der Waals surface area contributed by atoms with Crippen molar-refractivity contribution >= 4 is 11.6 Å². The van der Waals surface area contributed by atoms with E-state index in [0.717, 1.165) is 17.4 Å². The van der Waals surface area contributed by atoms with Gasteiger partial charge < -0.3 is 11.1 Å². The lowest BCUT2D eigenvalue weighted by Gasteiger charge is -2.15. The van der Waals surface area contributed by atoms with Gasteiger partial charge in [0.1, 0.15) is 5.82 Å². The predicted octanol–water partition coefficient (Wildman–Crippen LogP) is 2.49. The van der Waals surface area contributed by atoms with E-state index in [4.69, 9.17) is 5.73 Å². The van der Waals surface area contributed by atoms with Gasteiger partial charge in [0.05, 0.1) is 12.2 Å². The van der Waals surface area contributed by atoms with Gasteiger partial charge in [-0.15, -0.1) is 0 Å². The molecule has 2 aromatic rings. The largest absolute Gasteiger partial charge is 0.378 e. The molecule has 0 aliphatic heterocycles. The molecule has 0 aliphatic carbocycles. The van der Waals surface area contributed by atoms with Crippen LogP contribution in [0.1, 0.15) is 28.9 Å². The van der Waals surface area contributed by atoms with Gasteiger partial charge in [-0.2, -0.15) is 0 Å². The SMILES string of the molecule is CC(Nc1ccc(C(N)=O)cc1)c1cncc(F)c1. The Labute approximate surface area is 110 Å². The summed E-state index contributed by atoms with van der Waals surface area (Å²) >= 11 is 0. The van der Waals surface area contributed by atoms with E-state index >= 15 is 0 Å². The minimum Gasteiger partial charge on any atom is -0.378 e. The third kappa shape index (κ3) is 3.28. The summed E-state index contributed by atoms with van der Waals surface area (Å²) < 4.78 is 13.1. The standard InChI is InChI=1S/C14H14FN3O/c1-9(11-6-12(15)8-17-7-11)18-13-4-2-10(3-5-13)14(16)19/h2-9,18H,1H3,(H2,16,19). The lowest BCUT2D eigenvalue weighted by atomic mass is 10.1. The second-order valence-electron chi connectivity index (χ2n) is 4.24. The summed E-state index contributed by atoms with van der Waals surface area (Å²) in [6.07, 6.45) is 2.77. The van der Waals surface area contributed by atoms with Crippen molar-refractivity contribution in [1.29, 1.82) is 0 Å². The predicted molar refractivity (Wildman–Crippen MR) is 71.2 cm³/mol. The van der Waals surface area contributed by atoms with Crippen LogP contribution < -0.4 is 11.1 Å². The van der Waals surface area contributed by atoms with Crippen LogP contribution in [0.5, 0.6) is 0 Å². The highest BCUT2D eigenvalue weighted by Gasteiger charge is 2.07. The minimum atomic E-state index is -0.464.